The molecule has 0 radical (unpaired) electrons. The van der Waals surface area contributed by atoms with Crippen molar-refractivity contribution in [1.82, 2.24) is 30.1 Å². The number of fused-ring (bicyclic) bond motifs is 1. The summed E-state index contributed by atoms with van der Waals surface area (Å²) in [7, 11) is 0. The quantitative estimate of drug-likeness (QED) is 0.581. The van der Waals surface area contributed by atoms with E-state index < -0.39 is 0 Å². The molecular formula is C14H10N6. The molecule has 4 aromatic heterocycles. The van der Waals surface area contributed by atoms with Crippen molar-refractivity contribution < 1.29 is 0 Å². The molecule has 0 saturated heterocycles. The number of rotatable bonds is 2. The monoisotopic (exact) mass is 262 g/mol. The van der Waals surface area contributed by atoms with Crippen molar-refractivity contribution in [3.05, 3.63) is 49.2 Å². The predicted octanol–water partition coefficient (Wildman–Crippen LogP) is 2.41. The third kappa shape index (κ3) is 1.66. The molecule has 20 heavy (non-hydrogen) atoms. The van der Waals surface area contributed by atoms with Crippen LogP contribution in [0.5, 0.6) is 0 Å². The smallest absolute Gasteiger partial charge is 0.156 e. The van der Waals surface area contributed by atoms with E-state index in [1.807, 2.05) is 24.4 Å². The first-order chi connectivity index (χ1) is 9.92. The van der Waals surface area contributed by atoms with Gasteiger partial charge in [0.05, 0.1) is 17.6 Å². The molecule has 4 heterocycles. The molecule has 0 aliphatic carbocycles. The van der Waals surface area contributed by atoms with Crippen LogP contribution in [0.1, 0.15) is 0 Å². The highest BCUT2D eigenvalue weighted by molar-refractivity contribution is 5.90. The highest BCUT2D eigenvalue weighted by atomic mass is 15.1. The maximum Gasteiger partial charge on any atom is 0.156 e. The minimum absolute atomic E-state index is 0.757. The van der Waals surface area contributed by atoms with E-state index in [9.17, 15) is 0 Å². The maximum atomic E-state index is 4.69. The molecule has 6 nitrogen and oxygen atoms in total. The van der Waals surface area contributed by atoms with Gasteiger partial charge in [-0.25, -0.2) is 9.97 Å². The highest BCUT2D eigenvalue weighted by Gasteiger charge is 2.11. The van der Waals surface area contributed by atoms with Gasteiger partial charge in [0.25, 0.3) is 0 Å². The van der Waals surface area contributed by atoms with Gasteiger partial charge < -0.3 is 4.98 Å². The van der Waals surface area contributed by atoms with Gasteiger partial charge >= 0.3 is 0 Å². The standard InChI is InChI=1S/C14H10N6/c1-4-15-5-2-9(1)12-8-17-14-13(19-12)10(7-16-14)11-3-6-18-20-11/h1-8H,(H,16,17)(H,18,20). The van der Waals surface area contributed by atoms with Crippen molar-refractivity contribution in [2.24, 2.45) is 0 Å². The molecule has 0 aliphatic rings. The van der Waals surface area contributed by atoms with E-state index in [0.29, 0.717) is 0 Å². The Bertz CT molecular complexity index is 848. The Morgan fingerprint density at radius 2 is 1.90 bits per heavy atom. The average molecular weight is 262 g/mol. The molecule has 96 valence electrons. The molecule has 0 fully saturated rings. The van der Waals surface area contributed by atoms with Crippen molar-refractivity contribution in [1.29, 1.82) is 0 Å². The minimum Gasteiger partial charge on any atom is -0.344 e. The Labute approximate surface area is 113 Å². The third-order valence-corrected chi connectivity index (χ3v) is 3.15. The summed E-state index contributed by atoms with van der Waals surface area (Å²) in [6, 6.07) is 5.74. The second-order valence-corrected chi connectivity index (χ2v) is 4.36. The molecule has 2 N–H and O–H groups in total. The summed E-state index contributed by atoms with van der Waals surface area (Å²) >= 11 is 0. The Balaban J connectivity index is 1.92. The van der Waals surface area contributed by atoms with Crippen LogP contribution < -0.4 is 0 Å². The van der Waals surface area contributed by atoms with Gasteiger partial charge in [-0.3, -0.25) is 10.1 Å². The fraction of sp³-hybridized carbons (Fsp3) is 0. The maximum absolute atomic E-state index is 4.69. The summed E-state index contributed by atoms with van der Waals surface area (Å²) < 4.78 is 0. The Hall–Kier alpha value is -3.02. The lowest BCUT2D eigenvalue weighted by Crippen LogP contribution is -1.88. The minimum atomic E-state index is 0.757. The van der Waals surface area contributed by atoms with Crippen LogP contribution in [0.4, 0.5) is 0 Å². The second-order valence-electron chi connectivity index (χ2n) is 4.36. The summed E-state index contributed by atoms with van der Waals surface area (Å²) in [5.74, 6) is 0. The average Bonchev–Trinajstić information content (AvgIpc) is 3.16. The third-order valence-electron chi connectivity index (χ3n) is 3.15. The summed E-state index contributed by atoms with van der Waals surface area (Å²) in [6.45, 7) is 0. The largest absolute Gasteiger partial charge is 0.344 e. The number of hydrogen-bond donors (Lipinski definition) is 2. The second kappa shape index (κ2) is 4.27. The van der Waals surface area contributed by atoms with Gasteiger partial charge in [0, 0.05) is 35.9 Å². The molecule has 0 atom stereocenters. The molecule has 0 bridgehead atoms. The van der Waals surface area contributed by atoms with Crippen molar-refractivity contribution in [2.75, 3.05) is 0 Å². The van der Waals surface area contributed by atoms with Gasteiger partial charge in [0.15, 0.2) is 5.65 Å². The SMILES string of the molecule is c1cc(-c2cnc3[nH]cc(-c4ccn[nH]4)c3n2)ccn1. The van der Waals surface area contributed by atoms with E-state index >= 15 is 0 Å². The predicted molar refractivity (Wildman–Crippen MR) is 74.7 cm³/mol. The Morgan fingerprint density at radius 3 is 2.70 bits per heavy atom. The van der Waals surface area contributed by atoms with Crippen LogP contribution in [0.15, 0.2) is 49.2 Å². The molecule has 0 aromatic carbocycles. The lowest BCUT2D eigenvalue weighted by atomic mass is 10.2. The molecule has 6 heteroatoms. The summed E-state index contributed by atoms with van der Waals surface area (Å²) in [4.78, 5) is 16.2. The van der Waals surface area contributed by atoms with Gasteiger partial charge in [-0.1, -0.05) is 0 Å². The molecule has 4 aromatic rings. The van der Waals surface area contributed by atoms with Gasteiger partial charge in [-0.05, 0) is 18.2 Å². The number of aromatic nitrogens is 6. The number of nitrogens with zero attached hydrogens (tertiary/aromatic N) is 4. The van der Waals surface area contributed by atoms with Crippen LogP contribution in [0, 0.1) is 0 Å². The Kier molecular flexibility index (Phi) is 2.32. The van der Waals surface area contributed by atoms with E-state index in [2.05, 4.69) is 25.1 Å². The molecule has 4 rings (SSSR count). The zero-order chi connectivity index (χ0) is 13.4. The van der Waals surface area contributed by atoms with E-state index in [1.54, 1.807) is 24.8 Å². The lowest BCUT2D eigenvalue weighted by Gasteiger charge is -2.00. The van der Waals surface area contributed by atoms with Crippen LogP contribution in [0.3, 0.4) is 0 Å². The molecular weight excluding hydrogens is 252 g/mol. The number of pyridine rings is 1. The number of nitrogens with one attached hydrogen (secondary N) is 2. The fourth-order valence-electron chi connectivity index (χ4n) is 2.16. The van der Waals surface area contributed by atoms with Crippen LogP contribution in [-0.2, 0) is 0 Å². The molecule has 0 aliphatic heterocycles. The van der Waals surface area contributed by atoms with E-state index in [4.69, 9.17) is 4.98 Å². The molecule has 0 spiro atoms. The number of hydrogen-bond acceptors (Lipinski definition) is 4. The van der Waals surface area contributed by atoms with Gasteiger partial charge in [-0.15, -0.1) is 0 Å². The zero-order valence-corrected chi connectivity index (χ0v) is 10.4. The summed E-state index contributed by atoms with van der Waals surface area (Å²) in [5.41, 5.74) is 5.26. The van der Waals surface area contributed by atoms with E-state index in [1.165, 1.54) is 0 Å². The van der Waals surface area contributed by atoms with Crippen molar-refractivity contribution in [3.63, 3.8) is 0 Å². The van der Waals surface area contributed by atoms with Crippen LogP contribution in [0.2, 0.25) is 0 Å². The zero-order valence-electron chi connectivity index (χ0n) is 10.4. The molecule has 0 unspecified atom stereocenters. The molecule has 0 saturated carbocycles. The highest BCUT2D eigenvalue weighted by Crippen LogP contribution is 2.26. The van der Waals surface area contributed by atoms with E-state index in [-0.39, 0.29) is 0 Å². The van der Waals surface area contributed by atoms with Gasteiger partial charge in [0.1, 0.15) is 5.52 Å². The first-order valence-corrected chi connectivity index (χ1v) is 6.16. The first kappa shape index (κ1) is 10.9. The first-order valence-electron chi connectivity index (χ1n) is 6.16. The Morgan fingerprint density at radius 1 is 1.00 bits per heavy atom. The van der Waals surface area contributed by atoms with Gasteiger partial charge in [-0.2, -0.15) is 5.10 Å². The van der Waals surface area contributed by atoms with E-state index in [0.717, 1.165) is 33.7 Å². The number of H-pyrrole nitrogens is 2. The van der Waals surface area contributed by atoms with Crippen molar-refractivity contribution in [3.8, 4) is 22.5 Å². The van der Waals surface area contributed by atoms with Crippen LogP contribution in [-0.4, -0.2) is 30.1 Å². The lowest BCUT2D eigenvalue weighted by molar-refractivity contribution is 1.10. The summed E-state index contributed by atoms with van der Waals surface area (Å²) in [6.07, 6.45) is 8.84. The van der Waals surface area contributed by atoms with Crippen LogP contribution >= 0.6 is 0 Å². The van der Waals surface area contributed by atoms with Crippen LogP contribution in [0.25, 0.3) is 33.7 Å². The molecule has 0 amide bonds. The fourth-order valence-corrected chi connectivity index (χ4v) is 2.16. The van der Waals surface area contributed by atoms with Crippen molar-refractivity contribution >= 4 is 11.2 Å². The topological polar surface area (TPSA) is 83.1 Å². The van der Waals surface area contributed by atoms with Gasteiger partial charge in [0.2, 0.25) is 0 Å². The summed E-state index contributed by atoms with van der Waals surface area (Å²) in [5, 5.41) is 6.91. The van der Waals surface area contributed by atoms with Crippen molar-refractivity contribution in [2.45, 2.75) is 0 Å². The normalized spacial score (nSPS) is 11.0. The number of aromatic amines is 2.